The minimum Gasteiger partial charge on any atom is -0.379 e. The first-order valence-electron chi connectivity index (χ1n) is 12.7. The van der Waals surface area contributed by atoms with E-state index in [2.05, 4.69) is 28.0 Å². The number of amides is 2. The Bertz CT molecular complexity index is 1400. The Morgan fingerprint density at radius 1 is 1.19 bits per heavy atom. The summed E-state index contributed by atoms with van der Waals surface area (Å²) in [7, 11) is 0. The zero-order valence-electron chi connectivity index (χ0n) is 22.3. The number of likely N-dealkylation sites (N-methyl/N-ethyl adjacent to an activating group) is 1. The fourth-order valence-electron chi connectivity index (χ4n) is 4.83. The van der Waals surface area contributed by atoms with Gasteiger partial charge in [-0.25, -0.2) is 10.1 Å². The smallest absolute Gasteiger partial charge is 0.379 e. The van der Waals surface area contributed by atoms with E-state index < -0.39 is 51.5 Å². The molecule has 2 atom stereocenters. The summed E-state index contributed by atoms with van der Waals surface area (Å²) < 4.78 is 85.0. The number of H-pyrrole nitrogens is 1. The van der Waals surface area contributed by atoms with Crippen molar-refractivity contribution in [2.24, 2.45) is 0 Å². The number of aromatic nitrogens is 3. The molecule has 0 saturated carbocycles. The first-order chi connectivity index (χ1) is 19.6. The third-order valence-corrected chi connectivity index (χ3v) is 7.37. The summed E-state index contributed by atoms with van der Waals surface area (Å²) in [5, 5.41) is 7.65. The highest BCUT2D eigenvalue weighted by molar-refractivity contribution is 7.83. The molecule has 42 heavy (non-hydrogen) atoms. The third-order valence-electron chi connectivity index (χ3n) is 6.80. The standard InChI is InChI=1S/C24H27F6N7O4S/c1-3-36-16-8-14(23(25,26)27)9-31-19(16)37-6-5-35(12-22(37,42)21(36)40)17(38)4-7-41-11-13(2)33-15-10-32-34-20(39)18(15)24(28,29)30/h8-10,13,42H,3-7,11-12H2,1-2H3,(H2,33,34,39)/t13-,22-/m0/s1. The predicted molar refractivity (Wildman–Crippen MR) is 141 cm³/mol. The van der Waals surface area contributed by atoms with Gasteiger partial charge in [0.25, 0.3) is 11.5 Å². The highest BCUT2D eigenvalue weighted by Crippen LogP contribution is 2.44. The van der Waals surface area contributed by atoms with E-state index in [0.29, 0.717) is 6.20 Å². The van der Waals surface area contributed by atoms with Crippen LogP contribution in [-0.4, -0.2) is 82.2 Å². The van der Waals surface area contributed by atoms with Crippen LogP contribution in [0.15, 0.2) is 23.3 Å². The molecule has 1 fully saturated rings. The number of ether oxygens (including phenoxy) is 1. The molecule has 2 N–H and O–H groups in total. The number of carbonyl (C=O) groups excluding carboxylic acids is 2. The highest BCUT2D eigenvalue weighted by atomic mass is 32.1. The van der Waals surface area contributed by atoms with Gasteiger partial charge in [0.1, 0.15) is 5.56 Å². The Morgan fingerprint density at radius 2 is 1.90 bits per heavy atom. The minimum atomic E-state index is -4.90. The fourth-order valence-corrected chi connectivity index (χ4v) is 5.32. The number of hydrogen-bond acceptors (Lipinski definition) is 9. The van der Waals surface area contributed by atoms with Crippen LogP contribution in [0.4, 0.5) is 43.5 Å². The molecule has 0 unspecified atom stereocenters. The quantitative estimate of drug-likeness (QED) is 0.233. The second-order valence-electron chi connectivity index (χ2n) is 9.75. The van der Waals surface area contributed by atoms with Crippen molar-refractivity contribution in [2.45, 2.75) is 43.5 Å². The van der Waals surface area contributed by atoms with Gasteiger partial charge in [-0.05, 0) is 19.9 Å². The summed E-state index contributed by atoms with van der Waals surface area (Å²) in [5.74, 6) is -0.826. The number of halogens is 6. The summed E-state index contributed by atoms with van der Waals surface area (Å²) in [6.45, 7) is 3.03. The Hall–Kier alpha value is -3.54. The van der Waals surface area contributed by atoms with Crippen molar-refractivity contribution < 1.29 is 40.7 Å². The average Bonchev–Trinajstić information content (AvgIpc) is 2.89. The fraction of sp³-hybridized carbons (Fsp3) is 0.542. The van der Waals surface area contributed by atoms with Gasteiger partial charge in [-0.2, -0.15) is 31.4 Å². The van der Waals surface area contributed by atoms with Crippen LogP contribution < -0.4 is 20.7 Å². The maximum absolute atomic E-state index is 13.4. The minimum absolute atomic E-state index is 0.0103. The number of nitrogens with one attached hydrogen (secondary N) is 2. The summed E-state index contributed by atoms with van der Waals surface area (Å²) >= 11 is 4.59. The second kappa shape index (κ2) is 11.6. The van der Waals surface area contributed by atoms with Crippen LogP contribution in [-0.2, 0) is 26.7 Å². The maximum Gasteiger partial charge on any atom is 0.423 e. The number of piperazine rings is 1. The Labute approximate surface area is 240 Å². The van der Waals surface area contributed by atoms with E-state index in [-0.39, 0.29) is 63.2 Å². The van der Waals surface area contributed by atoms with E-state index in [1.165, 1.54) is 16.7 Å². The number of aromatic amines is 1. The summed E-state index contributed by atoms with van der Waals surface area (Å²) in [6.07, 6.45) is -8.14. The number of pyridine rings is 1. The number of anilines is 3. The SMILES string of the molecule is CCN1C(=O)[C@@]2(S)CN(C(=O)CCOC[C@H](C)Nc3cn[nH]c(=O)c3C(F)(F)F)CCN2c2ncc(C(F)(F)F)cc21. The molecule has 0 radical (unpaired) electrons. The molecule has 2 aromatic rings. The van der Waals surface area contributed by atoms with Crippen molar-refractivity contribution in [1.82, 2.24) is 20.1 Å². The lowest BCUT2D eigenvalue weighted by molar-refractivity contribution is -0.138. The number of hydrogen-bond donors (Lipinski definition) is 3. The molecule has 230 valence electrons. The summed E-state index contributed by atoms with van der Waals surface area (Å²) in [6, 6.07) is 0.192. The van der Waals surface area contributed by atoms with E-state index in [1.54, 1.807) is 12.0 Å². The monoisotopic (exact) mass is 623 g/mol. The van der Waals surface area contributed by atoms with Gasteiger partial charge in [-0.3, -0.25) is 14.4 Å². The molecule has 0 aliphatic carbocycles. The van der Waals surface area contributed by atoms with Crippen molar-refractivity contribution in [3.8, 4) is 0 Å². The van der Waals surface area contributed by atoms with Crippen LogP contribution in [0.1, 0.15) is 31.4 Å². The zero-order chi connectivity index (χ0) is 31.0. The van der Waals surface area contributed by atoms with Crippen molar-refractivity contribution in [2.75, 3.05) is 54.5 Å². The zero-order valence-corrected chi connectivity index (χ0v) is 23.2. The number of thiol groups is 1. The predicted octanol–water partition coefficient (Wildman–Crippen LogP) is 2.75. The summed E-state index contributed by atoms with van der Waals surface area (Å²) in [4.78, 5) is 44.4. The molecular weight excluding hydrogens is 596 g/mol. The van der Waals surface area contributed by atoms with E-state index >= 15 is 0 Å². The van der Waals surface area contributed by atoms with Gasteiger partial charge in [0.15, 0.2) is 10.7 Å². The molecule has 4 heterocycles. The molecule has 2 aromatic heterocycles. The van der Waals surface area contributed by atoms with Crippen LogP contribution in [0, 0.1) is 0 Å². The molecule has 0 bridgehead atoms. The maximum atomic E-state index is 13.4. The molecule has 2 aliphatic rings. The van der Waals surface area contributed by atoms with Crippen LogP contribution in [0.3, 0.4) is 0 Å². The number of alkyl halides is 6. The van der Waals surface area contributed by atoms with Crippen LogP contribution in [0.5, 0.6) is 0 Å². The van der Waals surface area contributed by atoms with Gasteiger partial charge in [-0.1, -0.05) is 0 Å². The van der Waals surface area contributed by atoms with E-state index in [4.69, 9.17) is 4.74 Å². The van der Waals surface area contributed by atoms with Crippen LogP contribution >= 0.6 is 12.6 Å². The number of nitrogens with zero attached hydrogens (tertiary/aromatic N) is 5. The molecule has 0 aromatic carbocycles. The van der Waals surface area contributed by atoms with Crippen molar-refractivity contribution >= 4 is 41.6 Å². The van der Waals surface area contributed by atoms with Crippen LogP contribution in [0.25, 0.3) is 0 Å². The van der Waals surface area contributed by atoms with Gasteiger partial charge < -0.3 is 24.8 Å². The van der Waals surface area contributed by atoms with E-state index in [9.17, 15) is 40.7 Å². The van der Waals surface area contributed by atoms with E-state index in [1.807, 2.05) is 0 Å². The lowest BCUT2D eigenvalue weighted by Gasteiger charge is -2.52. The second-order valence-corrected chi connectivity index (χ2v) is 10.5. The Balaban J connectivity index is 1.36. The number of fused-ring (bicyclic) bond motifs is 3. The van der Waals surface area contributed by atoms with Gasteiger partial charge >= 0.3 is 12.4 Å². The van der Waals surface area contributed by atoms with E-state index in [0.717, 1.165) is 17.2 Å². The third kappa shape index (κ3) is 6.13. The van der Waals surface area contributed by atoms with Gasteiger partial charge in [0.05, 0.1) is 49.3 Å². The molecule has 2 amide bonds. The molecule has 11 nitrogen and oxygen atoms in total. The molecule has 1 saturated heterocycles. The molecular formula is C24H27F6N7O4S. The molecule has 4 rings (SSSR count). The lowest BCUT2D eigenvalue weighted by atomic mass is 10.0. The Kier molecular flexibility index (Phi) is 8.69. The molecule has 18 heteroatoms. The van der Waals surface area contributed by atoms with Crippen LogP contribution in [0.2, 0.25) is 0 Å². The van der Waals surface area contributed by atoms with Gasteiger partial charge in [0, 0.05) is 31.9 Å². The number of carbonyl (C=O) groups is 2. The topological polar surface area (TPSA) is 124 Å². The largest absolute Gasteiger partial charge is 0.423 e. The van der Waals surface area contributed by atoms with Crippen molar-refractivity contribution in [1.29, 1.82) is 0 Å². The first-order valence-corrected chi connectivity index (χ1v) is 13.2. The lowest BCUT2D eigenvalue weighted by Crippen LogP contribution is -2.70. The Morgan fingerprint density at radius 3 is 2.55 bits per heavy atom. The number of rotatable bonds is 8. The highest BCUT2D eigenvalue weighted by Gasteiger charge is 2.53. The first kappa shape index (κ1) is 31.4. The van der Waals surface area contributed by atoms with Crippen molar-refractivity contribution in [3.63, 3.8) is 0 Å². The van der Waals surface area contributed by atoms with Gasteiger partial charge in [0.2, 0.25) is 5.91 Å². The molecule has 2 aliphatic heterocycles. The van der Waals surface area contributed by atoms with Gasteiger partial charge in [-0.15, -0.1) is 12.6 Å². The molecule has 0 spiro atoms. The summed E-state index contributed by atoms with van der Waals surface area (Å²) in [5.41, 5.74) is -4.31. The normalized spacial score (nSPS) is 19.8. The average molecular weight is 624 g/mol. The van der Waals surface area contributed by atoms with Crippen molar-refractivity contribution in [3.05, 3.63) is 39.9 Å².